The summed E-state index contributed by atoms with van der Waals surface area (Å²) in [6.07, 6.45) is 7.49. The molecule has 1 unspecified atom stereocenters. The molecule has 1 atom stereocenters. The fourth-order valence-electron chi connectivity index (χ4n) is 4.09. The van der Waals surface area contributed by atoms with Crippen LogP contribution in [0.2, 0.25) is 5.02 Å². The monoisotopic (exact) mass is 394 g/mol. The van der Waals surface area contributed by atoms with Crippen LogP contribution in [0.3, 0.4) is 0 Å². The summed E-state index contributed by atoms with van der Waals surface area (Å²) in [5, 5.41) is 3.45. The second-order valence-corrected chi connectivity index (χ2v) is 7.89. The SMILES string of the molecule is O=C(Nc1cc2c(cc1Cl)OCCCO2)N(CC1CCCO1)C1CCCC1. The van der Waals surface area contributed by atoms with Crippen molar-refractivity contribution >= 4 is 23.3 Å². The van der Waals surface area contributed by atoms with E-state index in [1.165, 1.54) is 12.8 Å². The highest BCUT2D eigenvalue weighted by atomic mass is 35.5. The molecule has 1 saturated carbocycles. The lowest BCUT2D eigenvalue weighted by molar-refractivity contribution is 0.0729. The van der Waals surface area contributed by atoms with Crippen molar-refractivity contribution in [3.8, 4) is 11.5 Å². The van der Waals surface area contributed by atoms with E-state index in [0.717, 1.165) is 38.7 Å². The van der Waals surface area contributed by atoms with Gasteiger partial charge in [0, 0.05) is 37.7 Å². The number of nitrogens with zero attached hydrogens (tertiary/aromatic N) is 1. The molecule has 27 heavy (non-hydrogen) atoms. The Morgan fingerprint density at radius 3 is 2.48 bits per heavy atom. The van der Waals surface area contributed by atoms with Gasteiger partial charge in [-0.15, -0.1) is 0 Å². The molecule has 6 nitrogen and oxygen atoms in total. The molecule has 0 radical (unpaired) electrons. The Kier molecular flexibility index (Phi) is 5.93. The smallest absolute Gasteiger partial charge is 0.322 e. The Morgan fingerprint density at radius 1 is 1.04 bits per heavy atom. The predicted octanol–water partition coefficient (Wildman–Crippen LogP) is 4.46. The van der Waals surface area contributed by atoms with Crippen LogP contribution < -0.4 is 14.8 Å². The van der Waals surface area contributed by atoms with Crippen molar-refractivity contribution in [2.45, 2.75) is 57.1 Å². The Bertz CT molecular complexity index is 672. The van der Waals surface area contributed by atoms with Crippen LogP contribution in [-0.4, -0.2) is 49.4 Å². The second-order valence-electron chi connectivity index (χ2n) is 7.49. The van der Waals surface area contributed by atoms with Gasteiger partial charge in [0.1, 0.15) is 0 Å². The van der Waals surface area contributed by atoms with E-state index in [0.29, 0.717) is 42.0 Å². The molecule has 1 aromatic rings. The van der Waals surface area contributed by atoms with Crippen LogP contribution in [0.5, 0.6) is 11.5 Å². The lowest BCUT2D eigenvalue weighted by atomic mass is 10.1. The molecule has 0 bridgehead atoms. The summed E-state index contributed by atoms with van der Waals surface area (Å²) in [6, 6.07) is 3.64. The molecule has 2 amide bonds. The number of ether oxygens (including phenoxy) is 3. The molecule has 0 spiro atoms. The quantitative estimate of drug-likeness (QED) is 0.819. The standard InChI is InChI=1S/C20H27ClN2O4/c21-16-11-18-19(27-10-4-9-26-18)12-17(16)22-20(24)23(14-5-1-2-6-14)13-15-7-3-8-25-15/h11-12,14-15H,1-10,13H2,(H,22,24). The van der Waals surface area contributed by atoms with Crippen LogP contribution in [-0.2, 0) is 4.74 Å². The summed E-state index contributed by atoms with van der Waals surface area (Å²) in [5.41, 5.74) is 0.557. The number of nitrogens with one attached hydrogen (secondary N) is 1. The number of fused-ring (bicyclic) bond motifs is 1. The van der Waals surface area contributed by atoms with Gasteiger partial charge in [0.05, 0.1) is 30.0 Å². The maximum Gasteiger partial charge on any atom is 0.322 e. The molecule has 4 rings (SSSR count). The van der Waals surface area contributed by atoms with Crippen LogP contribution in [0, 0.1) is 0 Å². The zero-order chi connectivity index (χ0) is 18.6. The minimum absolute atomic E-state index is 0.117. The molecular weight excluding hydrogens is 368 g/mol. The number of hydrogen-bond acceptors (Lipinski definition) is 4. The highest BCUT2D eigenvalue weighted by Crippen LogP contribution is 2.38. The third-order valence-electron chi connectivity index (χ3n) is 5.53. The number of urea groups is 1. The average Bonchev–Trinajstić information content (AvgIpc) is 3.32. The van der Waals surface area contributed by atoms with Crippen molar-refractivity contribution in [1.29, 1.82) is 0 Å². The van der Waals surface area contributed by atoms with Crippen molar-refractivity contribution in [2.75, 3.05) is 31.7 Å². The summed E-state index contributed by atoms with van der Waals surface area (Å²) in [5.74, 6) is 1.25. The Balaban J connectivity index is 1.50. The molecule has 3 aliphatic rings. The molecule has 148 valence electrons. The summed E-state index contributed by atoms with van der Waals surface area (Å²) < 4.78 is 17.2. The first-order valence-electron chi connectivity index (χ1n) is 9.99. The van der Waals surface area contributed by atoms with Gasteiger partial charge < -0.3 is 24.4 Å². The van der Waals surface area contributed by atoms with Crippen molar-refractivity contribution in [3.63, 3.8) is 0 Å². The van der Waals surface area contributed by atoms with Gasteiger partial charge in [0.15, 0.2) is 11.5 Å². The molecule has 2 heterocycles. The number of carbonyl (C=O) groups excluding carboxylic acids is 1. The first-order valence-corrected chi connectivity index (χ1v) is 10.4. The van der Waals surface area contributed by atoms with Crippen LogP contribution in [0.25, 0.3) is 0 Å². The third-order valence-corrected chi connectivity index (χ3v) is 5.84. The van der Waals surface area contributed by atoms with E-state index >= 15 is 0 Å². The lowest BCUT2D eigenvalue weighted by Crippen LogP contribution is -2.45. The summed E-state index contributed by atoms with van der Waals surface area (Å²) in [7, 11) is 0. The van der Waals surface area contributed by atoms with Crippen LogP contribution in [0.4, 0.5) is 10.5 Å². The first-order chi connectivity index (χ1) is 13.2. The van der Waals surface area contributed by atoms with E-state index in [4.69, 9.17) is 25.8 Å². The summed E-state index contributed by atoms with van der Waals surface area (Å²) >= 11 is 6.40. The number of halogens is 1. The van der Waals surface area contributed by atoms with Crippen LogP contribution in [0.15, 0.2) is 12.1 Å². The van der Waals surface area contributed by atoms with Gasteiger partial charge in [-0.1, -0.05) is 24.4 Å². The van der Waals surface area contributed by atoms with Crippen molar-refractivity contribution < 1.29 is 19.0 Å². The van der Waals surface area contributed by atoms with E-state index < -0.39 is 0 Å². The van der Waals surface area contributed by atoms with Gasteiger partial charge in [0.2, 0.25) is 0 Å². The number of carbonyl (C=O) groups is 1. The maximum absolute atomic E-state index is 13.1. The molecule has 1 N–H and O–H groups in total. The first kappa shape index (κ1) is 18.7. The van der Waals surface area contributed by atoms with E-state index in [-0.39, 0.29) is 18.2 Å². The fourth-order valence-corrected chi connectivity index (χ4v) is 4.29. The van der Waals surface area contributed by atoms with Crippen LogP contribution in [0.1, 0.15) is 44.9 Å². The number of rotatable bonds is 4. The number of amides is 2. The normalized spacial score (nSPS) is 22.5. The van der Waals surface area contributed by atoms with E-state index in [1.807, 2.05) is 4.90 Å². The zero-order valence-corrected chi connectivity index (χ0v) is 16.3. The van der Waals surface area contributed by atoms with Gasteiger partial charge >= 0.3 is 6.03 Å². The second kappa shape index (κ2) is 8.57. The van der Waals surface area contributed by atoms with E-state index in [1.54, 1.807) is 12.1 Å². The van der Waals surface area contributed by atoms with Gasteiger partial charge in [-0.2, -0.15) is 0 Å². The minimum atomic E-state index is -0.117. The Labute approximate surface area is 165 Å². The van der Waals surface area contributed by atoms with Crippen molar-refractivity contribution in [3.05, 3.63) is 17.2 Å². The maximum atomic E-state index is 13.1. The van der Waals surface area contributed by atoms with E-state index in [2.05, 4.69) is 5.32 Å². The highest BCUT2D eigenvalue weighted by Gasteiger charge is 2.31. The predicted molar refractivity (Wildman–Crippen MR) is 104 cm³/mol. The topological polar surface area (TPSA) is 60.0 Å². The minimum Gasteiger partial charge on any atom is -0.490 e. The summed E-state index contributed by atoms with van der Waals surface area (Å²) in [4.78, 5) is 15.1. The molecule has 2 aliphatic heterocycles. The van der Waals surface area contributed by atoms with Crippen molar-refractivity contribution in [1.82, 2.24) is 4.90 Å². The average molecular weight is 395 g/mol. The number of benzene rings is 1. The molecule has 1 saturated heterocycles. The van der Waals surface area contributed by atoms with Crippen LogP contribution >= 0.6 is 11.6 Å². The molecule has 0 aromatic heterocycles. The number of anilines is 1. The van der Waals surface area contributed by atoms with Gasteiger partial charge in [-0.05, 0) is 25.7 Å². The summed E-state index contributed by atoms with van der Waals surface area (Å²) in [6.45, 7) is 2.62. The lowest BCUT2D eigenvalue weighted by Gasteiger charge is -2.31. The van der Waals surface area contributed by atoms with Crippen molar-refractivity contribution in [2.24, 2.45) is 0 Å². The third kappa shape index (κ3) is 4.43. The van der Waals surface area contributed by atoms with Gasteiger partial charge in [0.25, 0.3) is 0 Å². The fraction of sp³-hybridized carbons (Fsp3) is 0.650. The van der Waals surface area contributed by atoms with Gasteiger partial charge in [-0.3, -0.25) is 0 Å². The van der Waals surface area contributed by atoms with Gasteiger partial charge in [-0.25, -0.2) is 4.79 Å². The highest BCUT2D eigenvalue weighted by molar-refractivity contribution is 6.34. The molecule has 2 fully saturated rings. The molecule has 1 aromatic carbocycles. The molecule has 7 heteroatoms. The van der Waals surface area contributed by atoms with E-state index in [9.17, 15) is 4.79 Å². The molecule has 1 aliphatic carbocycles. The number of hydrogen-bond donors (Lipinski definition) is 1. The largest absolute Gasteiger partial charge is 0.490 e. The Hall–Kier alpha value is -1.66. The zero-order valence-electron chi connectivity index (χ0n) is 15.5. The molecular formula is C20H27ClN2O4. The Morgan fingerprint density at radius 2 is 1.78 bits per heavy atom.